The summed E-state index contributed by atoms with van der Waals surface area (Å²) in [5.74, 6) is -2.90. The van der Waals surface area contributed by atoms with E-state index in [4.69, 9.17) is 0 Å². The molecule has 0 aliphatic carbocycles. The zero-order valence-electron chi connectivity index (χ0n) is 7.66. The molecule has 0 aliphatic rings. The second-order valence-corrected chi connectivity index (χ2v) is 3.17. The third-order valence-electron chi connectivity index (χ3n) is 2.20. The van der Waals surface area contributed by atoms with Crippen molar-refractivity contribution >= 4 is 0 Å². The highest BCUT2D eigenvalue weighted by Crippen LogP contribution is 2.31. The minimum atomic E-state index is -2.44. The van der Waals surface area contributed by atoms with Crippen molar-refractivity contribution in [2.24, 2.45) is 5.92 Å². The summed E-state index contributed by atoms with van der Waals surface area (Å²) in [6.45, 7) is 5.37. The van der Waals surface area contributed by atoms with Gasteiger partial charge in [-0.3, -0.25) is 0 Å². The van der Waals surface area contributed by atoms with Crippen LogP contribution in [0.5, 0.6) is 0 Å². The molecule has 0 aliphatic heterocycles. The van der Waals surface area contributed by atoms with Crippen LogP contribution in [0.15, 0.2) is 0 Å². The lowest BCUT2D eigenvalue weighted by Gasteiger charge is -2.21. The van der Waals surface area contributed by atoms with Gasteiger partial charge in [-0.05, 0) is 12.8 Å². The highest BCUT2D eigenvalue weighted by Gasteiger charge is 2.33. The molecule has 0 rings (SSSR count). The second kappa shape index (κ2) is 4.68. The first-order chi connectivity index (χ1) is 5.04. The van der Waals surface area contributed by atoms with Crippen LogP contribution in [-0.4, -0.2) is 5.92 Å². The van der Waals surface area contributed by atoms with E-state index in [-0.39, 0.29) is 6.42 Å². The molecule has 0 aromatic heterocycles. The van der Waals surface area contributed by atoms with Crippen LogP contribution in [0.1, 0.15) is 46.5 Å². The van der Waals surface area contributed by atoms with Crippen molar-refractivity contribution in [3.05, 3.63) is 0 Å². The van der Waals surface area contributed by atoms with Crippen LogP contribution < -0.4 is 0 Å². The van der Waals surface area contributed by atoms with E-state index in [0.29, 0.717) is 12.8 Å². The van der Waals surface area contributed by atoms with Crippen molar-refractivity contribution in [2.45, 2.75) is 52.4 Å². The molecule has 11 heavy (non-hydrogen) atoms. The Kier molecular flexibility index (Phi) is 4.62. The molecule has 0 saturated carbocycles. The van der Waals surface area contributed by atoms with E-state index in [2.05, 4.69) is 0 Å². The zero-order chi connectivity index (χ0) is 8.91. The average Bonchev–Trinajstić information content (AvgIpc) is 1.99. The molecular formula is C9H18F2. The maximum atomic E-state index is 13.0. The number of alkyl halides is 2. The monoisotopic (exact) mass is 164 g/mol. The second-order valence-electron chi connectivity index (χ2n) is 3.17. The SMILES string of the molecule is CCCCC(F)(F)C(C)CC. The van der Waals surface area contributed by atoms with Gasteiger partial charge in [0.1, 0.15) is 0 Å². The Morgan fingerprint density at radius 3 is 2.18 bits per heavy atom. The lowest BCUT2D eigenvalue weighted by Crippen LogP contribution is -2.25. The number of hydrogen-bond donors (Lipinski definition) is 0. The summed E-state index contributed by atoms with van der Waals surface area (Å²) >= 11 is 0. The molecule has 0 aromatic carbocycles. The van der Waals surface area contributed by atoms with Crippen molar-refractivity contribution in [3.63, 3.8) is 0 Å². The number of halogens is 2. The zero-order valence-corrected chi connectivity index (χ0v) is 7.66. The van der Waals surface area contributed by atoms with Crippen LogP contribution in [0.3, 0.4) is 0 Å². The summed E-state index contributed by atoms with van der Waals surface area (Å²) in [5.41, 5.74) is 0. The molecule has 0 amide bonds. The van der Waals surface area contributed by atoms with Gasteiger partial charge in [0.25, 0.3) is 5.92 Å². The van der Waals surface area contributed by atoms with Crippen LogP contribution in [0.4, 0.5) is 8.78 Å². The van der Waals surface area contributed by atoms with Crippen molar-refractivity contribution in [1.82, 2.24) is 0 Å². The molecule has 0 N–H and O–H groups in total. The van der Waals surface area contributed by atoms with E-state index in [0.717, 1.165) is 6.42 Å². The van der Waals surface area contributed by atoms with Crippen LogP contribution in [0.25, 0.3) is 0 Å². The van der Waals surface area contributed by atoms with Gasteiger partial charge in [-0.15, -0.1) is 0 Å². The molecule has 0 bridgehead atoms. The summed E-state index contributed by atoms with van der Waals surface area (Å²) in [7, 11) is 0. The summed E-state index contributed by atoms with van der Waals surface area (Å²) in [6.07, 6.45) is 2.11. The number of hydrogen-bond acceptors (Lipinski definition) is 0. The molecular weight excluding hydrogens is 146 g/mol. The summed E-state index contributed by atoms with van der Waals surface area (Å²) in [6, 6.07) is 0. The third-order valence-corrected chi connectivity index (χ3v) is 2.20. The highest BCUT2D eigenvalue weighted by atomic mass is 19.3. The van der Waals surface area contributed by atoms with E-state index >= 15 is 0 Å². The first-order valence-corrected chi connectivity index (χ1v) is 4.42. The number of rotatable bonds is 5. The predicted molar refractivity (Wildman–Crippen MR) is 43.9 cm³/mol. The normalized spacial score (nSPS) is 15.0. The Morgan fingerprint density at radius 2 is 1.82 bits per heavy atom. The van der Waals surface area contributed by atoms with Crippen molar-refractivity contribution < 1.29 is 8.78 Å². The maximum Gasteiger partial charge on any atom is 0.250 e. The van der Waals surface area contributed by atoms with E-state index < -0.39 is 11.8 Å². The summed E-state index contributed by atoms with van der Waals surface area (Å²) in [5, 5.41) is 0. The third kappa shape index (κ3) is 3.68. The fourth-order valence-electron chi connectivity index (χ4n) is 0.958. The molecule has 0 spiro atoms. The molecule has 0 radical (unpaired) electrons. The Balaban J connectivity index is 3.77. The van der Waals surface area contributed by atoms with Crippen molar-refractivity contribution in [1.29, 1.82) is 0 Å². The Labute approximate surface area is 68.0 Å². The lowest BCUT2D eigenvalue weighted by molar-refractivity contribution is -0.0613. The van der Waals surface area contributed by atoms with E-state index in [9.17, 15) is 8.78 Å². The van der Waals surface area contributed by atoms with Gasteiger partial charge in [0.15, 0.2) is 0 Å². The molecule has 68 valence electrons. The highest BCUT2D eigenvalue weighted by molar-refractivity contribution is 4.71. The van der Waals surface area contributed by atoms with Gasteiger partial charge in [-0.1, -0.05) is 27.2 Å². The predicted octanol–water partition coefficient (Wildman–Crippen LogP) is 3.86. The first kappa shape index (κ1) is 10.9. The Hall–Kier alpha value is -0.140. The molecule has 2 heteroatoms. The number of unbranched alkanes of at least 4 members (excludes halogenated alkanes) is 1. The minimum absolute atomic E-state index is 0.0541. The molecule has 0 saturated heterocycles. The average molecular weight is 164 g/mol. The molecule has 0 heterocycles. The van der Waals surface area contributed by atoms with Crippen LogP contribution in [0, 0.1) is 5.92 Å². The first-order valence-electron chi connectivity index (χ1n) is 4.42. The van der Waals surface area contributed by atoms with Crippen molar-refractivity contribution in [3.8, 4) is 0 Å². The minimum Gasteiger partial charge on any atom is -0.207 e. The smallest absolute Gasteiger partial charge is 0.207 e. The van der Waals surface area contributed by atoms with Crippen LogP contribution in [-0.2, 0) is 0 Å². The molecule has 0 aromatic rings. The Morgan fingerprint density at radius 1 is 1.27 bits per heavy atom. The molecule has 0 fully saturated rings. The van der Waals surface area contributed by atoms with Gasteiger partial charge in [-0.25, -0.2) is 8.78 Å². The van der Waals surface area contributed by atoms with E-state index in [1.54, 1.807) is 6.92 Å². The maximum absolute atomic E-state index is 13.0. The van der Waals surface area contributed by atoms with Gasteiger partial charge in [0.2, 0.25) is 0 Å². The van der Waals surface area contributed by atoms with Crippen LogP contribution >= 0.6 is 0 Å². The quantitative estimate of drug-likeness (QED) is 0.578. The van der Waals surface area contributed by atoms with Crippen molar-refractivity contribution in [2.75, 3.05) is 0 Å². The van der Waals surface area contributed by atoms with Gasteiger partial charge in [0, 0.05) is 12.3 Å². The Bertz CT molecular complexity index is 99.7. The molecule has 0 nitrogen and oxygen atoms in total. The molecule has 1 unspecified atom stereocenters. The van der Waals surface area contributed by atoms with Gasteiger partial charge in [0.05, 0.1) is 0 Å². The van der Waals surface area contributed by atoms with Gasteiger partial charge >= 0.3 is 0 Å². The largest absolute Gasteiger partial charge is 0.250 e. The fourth-order valence-corrected chi connectivity index (χ4v) is 0.958. The van der Waals surface area contributed by atoms with Gasteiger partial charge < -0.3 is 0 Å². The fraction of sp³-hybridized carbons (Fsp3) is 1.00. The molecule has 1 atom stereocenters. The summed E-state index contributed by atoms with van der Waals surface area (Å²) < 4.78 is 26.0. The lowest BCUT2D eigenvalue weighted by atomic mass is 9.96. The topological polar surface area (TPSA) is 0 Å². The van der Waals surface area contributed by atoms with Crippen LogP contribution in [0.2, 0.25) is 0 Å². The van der Waals surface area contributed by atoms with E-state index in [1.165, 1.54) is 0 Å². The standard InChI is InChI=1S/C9H18F2/c1-4-6-7-9(10,11)8(3)5-2/h8H,4-7H2,1-3H3. The van der Waals surface area contributed by atoms with E-state index in [1.807, 2.05) is 13.8 Å². The summed E-state index contributed by atoms with van der Waals surface area (Å²) in [4.78, 5) is 0. The van der Waals surface area contributed by atoms with Gasteiger partial charge in [-0.2, -0.15) is 0 Å².